The van der Waals surface area contributed by atoms with Crippen molar-refractivity contribution >= 4 is 0 Å². The molecule has 0 spiro atoms. The lowest BCUT2D eigenvalue weighted by Crippen LogP contribution is -1.97. The van der Waals surface area contributed by atoms with Gasteiger partial charge in [-0.3, -0.25) is 9.97 Å². The van der Waals surface area contributed by atoms with E-state index in [1.807, 2.05) is 54.9 Å². The van der Waals surface area contributed by atoms with Gasteiger partial charge in [-0.25, -0.2) is 0 Å². The Morgan fingerprint density at radius 3 is 1.81 bits per heavy atom. The molecule has 0 saturated carbocycles. The molecule has 0 aliphatic carbocycles. The Hall–Kier alpha value is -3.26. The first-order valence-corrected chi connectivity index (χ1v) is 9.22. The van der Waals surface area contributed by atoms with Gasteiger partial charge >= 0.3 is 0 Å². The zero-order valence-corrected chi connectivity index (χ0v) is 15.6. The number of benzene rings is 2. The van der Waals surface area contributed by atoms with Crippen molar-refractivity contribution in [2.24, 2.45) is 0 Å². The molecule has 0 amide bonds. The molecule has 0 aliphatic heterocycles. The quantitative estimate of drug-likeness (QED) is 0.456. The third-order valence-corrected chi connectivity index (χ3v) is 4.39. The van der Waals surface area contributed by atoms with Crippen LogP contribution in [-0.2, 0) is 6.42 Å². The molecule has 2 nitrogen and oxygen atoms in total. The lowest BCUT2D eigenvalue weighted by Gasteiger charge is -2.10. The Balaban J connectivity index is 0.000000156. The highest BCUT2D eigenvalue weighted by Gasteiger charge is 2.07. The highest BCUT2D eigenvalue weighted by atomic mass is 14.7. The van der Waals surface area contributed by atoms with Crippen molar-refractivity contribution in [1.29, 1.82) is 0 Å². The summed E-state index contributed by atoms with van der Waals surface area (Å²) < 4.78 is 0. The largest absolute Gasteiger partial charge is 0.261 e. The minimum absolute atomic E-state index is 0.373. The van der Waals surface area contributed by atoms with E-state index >= 15 is 0 Å². The van der Waals surface area contributed by atoms with E-state index in [0.29, 0.717) is 5.92 Å². The number of pyridine rings is 2. The van der Waals surface area contributed by atoms with Crippen molar-refractivity contribution in [2.45, 2.75) is 19.3 Å². The van der Waals surface area contributed by atoms with Crippen molar-refractivity contribution in [3.63, 3.8) is 0 Å². The average Bonchev–Trinajstić information content (AvgIpc) is 2.76. The summed E-state index contributed by atoms with van der Waals surface area (Å²) in [5.74, 6) is 0.373. The summed E-state index contributed by atoms with van der Waals surface area (Å²) >= 11 is 0. The van der Waals surface area contributed by atoms with Crippen LogP contribution in [-0.4, -0.2) is 9.97 Å². The minimum Gasteiger partial charge on any atom is -0.261 e. The normalized spacial score (nSPS) is 11.1. The van der Waals surface area contributed by atoms with Crippen molar-refractivity contribution in [3.05, 3.63) is 132 Å². The Bertz CT molecular complexity index is 815. The van der Waals surface area contributed by atoms with E-state index in [1.165, 1.54) is 11.1 Å². The van der Waals surface area contributed by atoms with Crippen LogP contribution >= 0.6 is 0 Å². The molecule has 4 rings (SSSR count). The molecule has 0 aliphatic rings. The maximum Gasteiger partial charge on any atom is 0.0475 e. The zero-order valence-electron chi connectivity index (χ0n) is 15.6. The Morgan fingerprint density at radius 1 is 0.630 bits per heavy atom. The van der Waals surface area contributed by atoms with Crippen LogP contribution in [0, 0.1) is 0 Å². The highest BCUT2D eigenvalue weighted by molar-refractivity contribution is 5.27. The smallest absolute Gasteiger partial charge is 0.0475 e. The number of rotatable bonds is 4. The minimum atomic E-state index is 0.373. The molecule has 27 heavy (non-hydrogen) atoms. The summed E-state index contributed by atoms with van der Waals surface area (Å²) in [6.07, 6.45) is 4.59. The maximum absolute atomic E-state index is 4.36. The molecule has 2 aromatic heterocycles. The van der Waals surface area contributed by atoms with Gasteiger partial charge < -0.3 is 0 Å². The van der Waals surface area contributed by atoms with Crippen LogP contribution < -0.4 is 0 Å². The molecule has 134 valence electrons. The fourth-order valence-electron chi connectivity index (χ4n) is 2.85. The molecule has 4 aromatic rings. The number of aromatic nitrogens is 2. The van der Waals surface area contributed by atoms with Crippen LogP contribution in [0.5, 0.6) is 0 Å². The first-order valence-electron chi connectivity index (χ1n) is 9.22. The van der Waals surface area contributed by atoms with Crippen LogP contribution in [0.4, 0.5) is 0 Å². The van der Waals surface area contributed by atoms with Crippen LogP contribution in [0.3, 0.4) is 0 Å². The van der Waals surface area contributed by atoms with E-state index in [0.717, 1.165) is 17.8 Å². The van der Waals surface area contributed by atoms with Gasteiger partial charge in [-0.15, -0.1) is 0 Å². The molecule has 2 heterocycles. The van der Waals surface area contributed by atoms with Gasteiger partial charge in [0.15, 0.2) is 0 Å². The first kappa shape index (κ1) is 18.5. The summed E-state index contributed by atoms with van der Waals surface area (Å²) in [6.45, 7) is 2.18. The summed E-state index contributed by atoms with van der Waals surface area (Å²) in [5, 5.41) is 0. The molecule has 1 unspecified atom stereocenters. The Kier molecular flexibility index (Phi) is 6.88. The second-order valence-electron chi connectivity index (χ2n) is 6.37. The van der Waals surface area contributed by atoms with Crippen LogP contribution in [0.2, 0.25) is 0 Å². The maximum atomic E-state index is 4.36. The second-order valence-corrected chi connectivity index (χ2v) is 6.37. The summed E-state index contributed by atoms with van der Waals surface area (Å²) in [7, 11) is 0. The van der Waals surface area contributed by atoms with Gasteiger partial charge in [0, 0.05) is 36.1 Å². The SMILES string of the molecule is CC(c1ccccc1)c1ccccn1.c1ccc(Cc2ccccn2)cc1. The fraction of sp³-hybridized carbons (Fsp3) is 0.120. The molecule has 0 saturated heterocycles. The van der Waals surface area contributed by atoms with Crippen molar-refractivity contribution in [1.82, 2.24) is 9.97 Å². The van der Waals surface area contributed by atoms with Crippen molar-refractivity contribution in [2.75, 3.05) is 0 Å². The van der Waals surface area contributed by atoms with Gasteiger partial charge in [-0.2, -0.15) is 0 Å². The molecule has 0 bridgehead atoms. The van der Waals surface area contributed by atoms with Crippen LogP contribution in [0.25, 0.3) is 0 Å². The van der Waals surface area contributed by atoms with E-state index in [-0.39, 0.29) is 0 Å². The van der Waals surface area contributed by atoms with Gasteiger partial charge in [0.25, 0.3) is 0 Å². The third kappa shape index (κ3) is 5.89. The number of hydrogen-bond acceptors (Lipinski definition) is 2. The first-order chi connectivity index (χ1) is 13.3. The van der Waals surface area contributed by atoms with Gasteiger partial charge in [0.05, 0.1) is 0 Å². The standard InChI is InChI=1S/C13H13N.C12H11N/c1-11(12-7-3-2-4-8-12)13-9-5-6-10-14-13;1-2-6-11(7-3-1)10-12-8-4-5-9-13-12/h2-11H,1H3;1-9H,10H2. The predicted molar refractivity (Wildman–Crippen MR) is 112 cm³/mol. The van der Waals surface area contributed by atoms with Crippen LogP contribution in [0.1, 0.15) is 35.4 Å². The lowest BCUT2D eigenvalue weighted by atomic mass is 9.97. The Morgan fingerprint density at radius 2 is 1.22 bits per heavy atom. The molecule has 2 heteroatoms. The Labute approximate surface area is 161 Å². The summed E-state index contributed by atoms with van der Waals surface area (Å²) in [4.78, 5) is 8.63. The van der Waals surface area contributed by atoms with Gasteiger partial charge in [0.2, 0.25) is 0 Å². The molecular weight excluding hydrogens is 328 g/mol. The van der Waals surface area contributed by atoms with E-state index in [4.69, 9.17) is 0 Å². The summed E-state index contributed by atoms with van der Waals surface area (Å²) in [6, 6.07) is 32.9. The van der Waals surface area contributed by atoms with Crippen molar-refractivity contribution < 1.29 is 0 Å². The summed E-state index contributed by atoms with van der Waals surface area (Å²) in [5.41, 5.74) is 4.86. The average molecular weight is 352 g/mol. The highest BCUT2D eigenvalue weighted by Crippen LogP contribution is 2.21. The molecular formula is C25H24N2. The van der Waals surface area contributed by atoms with E-state index < -0.39 is 0 Å². The number of nitrogens with zero attached hydrogens (tertiary/aromatic N) is 2. The molecule has 2 aromatic carbocycles. The third-order valence-electron chi connectivity index (χ3n) is 4.39. The molecule has 0 radical (unpaired) electrons. The topological polar surface area (TPSA) is 25.8 Å². The van der Waals surface area contributed by atoms with Gasteiger partial charge in [0.1, 0.15) is 0 Å². The lowest BCUT2D eigenvalue weighted by molar-refractivity contribution is 0.871. The molecule has 1 atom stereocenters. The van der Waals surface area contributed by atoms with E-state index in [2.05, 4.69) is 71.5 Å². The fourth-order valence-corrected chi connectivity index (χ4v) is 2.85. The monoisotopic (exact) mass is 352 g/mol. The van der Waals surface area contributed by atoms with Crippen LogP contribution in [0.15, 0.2) is 109 Å². The van der Waals surface area contributed by atoms with Gasteiger partial charge in [-0.05, 0) is 35.4 Å². The number of hydrogen-bond donors (Lipinski definition) is 0. The molecule has 0 fully saturated rings. The van der Waals surface area contributed by atoms with E-state index in [9.17, 15) is 0 Å². The van der Waals surface area contributed by atoms with Gasteiger partial charge in [-0.1, -0.05) is 79.7 Å². The second kappa shape index (κ2) is 10.0. The predicted octanol–water partition coefficient (Wildman–Crippen LogP) is 5.91. The molecule has 0 N–H and O–H groups in total. The van der Waals surface area contributed by atoms with E-state index in [1.54, 1.807) is 0 Å². The zero-order chi connectivity index (χ0) is 18.7. The van der Waals surface area contributed by atoms with Crippen molar-refractivity contribution in [3.8, 4) is 0 Å².